The fourth-order valence-electron chi connectivity index (χ4n) is 2.21. The molecule has 1 heterocycles. The highest BCUT2D eigenvalue weighted by Gasteiger charge is 2.13. The zero-order chi connectivity index (χ0) is 16.8. The van der Waals surface area contributed by atoms with E-state index in [1.165, 1.54) is 5.56 Å². The topological polar surface area (TPSA) is 58.1 Å². The van der Waals surface area contributed by atoms with Gasteiger partial charge in [0.2, 0.25) is 0 Å². The van der Waals surface area contributed by atoms with Crippen molar-refractivity contribution in [3.63, 3.8) is 0 Å². The van der Waals surface area contributed by atoms with Crippen LogP contribution in [0.1, 0.15) is 41.4 Å². The van der Waals surface area contributed by atoms with Crippen molar-refractivity contribution in [1.82, 2.24) is 15.1 Å². The molecule has 0 unspecified atom stereocenters. The average Bonchev–Trinajstić information content (AvgIpc) is 2.56. The van der Waals surface area contributed by atoms with Crippen molar-refractivity contribution < 1.29 is 4.79 Å². The number of nitrogens with one attached hydrogen (secondary N) is 1. The lowest BCUT2D eigenvalue weighted by Gasteiger charge is -2.16. The molecule has 0 radical (unpaired) electrons. The first-order valence-corrected chi connectivity index (χ1v) is 7.94. The molecule has 122 valence electrons. The standard InChI is InChI=1S/C18H24N4O/c1-5-6-11-22(4)18(23)15-9-10-17(21-20-15)19-16-12-13(2)7-8-14(16)3/h7-10,12H,5-6,11H2,1-4H3,(H,19,21). The molecule has 2 aromatic rings. The van der Waals surface area contributed by atoms with Crippen LogP contribution in [0.2, 0.25) is 0 Å². The summed E-state index contributed by atoms with van der Waals surface area (Å²) in [6.07, 6.45) is 2.05. The fraction of sp³-hybridized carbons (Fsp3) is 0.389. The average molecular weight is 312 g/mol. The Kier molecular flexibility index (Phi) is 5.68. The molecule has 0 atom stereocenters. The van der Waals surface area contributed by atoms with E-state index in [1.54, 1.807) is 24.1 Å². The molecule has 0 saturated heterocycles. The smallest absolute Gasteiger partial charge is 0.274 e. The minimum Gasteiger partial charge on any atom is -0.340 e. The number of anilines is 2. The Balaban J connectivity index is 2.07. The number of carbonyl (C=O) groups excluding carboxylic acids is 1. The Morgan fingerprint density at radius 1 is 1.17 bits per heavy atom. The Labute approximate surface area is 137 Å². The molecule has 5 nitrogen and oxygen atoms in total. The number of carbonyl (C=O) groups is 1. The monoisotopic (exact) mass is 312 g/mol. The van der Waals surface area contributed by atoms with Crippen LogP contribution in [0.3, 0.4) is 0 Å². The third kappa shape index (κ3) is 4.52. The maximum Gasteiger partial charge on any atom is 0.274 e. The van der Waals surface area contributed by atoms with Gasteiger partial charge in [0.15, 0.2) is 11.5 Å². The van der Waals surface area contributed by atoms with Gasteiger partial charge in [-0.05, 0) is 49.6 Å². The lowest BCUT2D eigenvalue weighted by atomic mass is 10.1. The Hall–Kier alpha value is -2.43. The molecule has 0 aliphatic rings. The lowest BCUT2D eigenvalue weighted by molar-refractivity contribution is 0.0786. The SMILES string of the molecule is CCCCN(C)C(=O)c1ccc(Nc2cc(C)ccc2C)nn1. The number of hydrogen-bond acceptors (Lipinski definition) is 4. The van der Waals surface area contributed by atoms with Crippen LogP contribution in [0.25, 0.3) is 0 Å². The van der Waals surface area contributed by atoms with E-state index in [9.17, 15) is 4.79 Å². The van der Waals surface area contributed by atoms with Gasteiger partial charge in [-0.2, -0.15) is 0 Å². The molecule has 0 saturated carbocycles. The van der Waals surface area contributed by atoms with Crippen molar-refractivity contribution in [2.24, 2.45) is 0 Å². The van der Waals surface area contributed by atoms with E-state index >= 15 is 0 Å². The quantitative estimate of drug-likeness (QED) is 0.883. The van der Waals surface area contributed by atoms with E-state index < -0.39 is 0 Å². The van der Waals surface area contributed by atoms with E-state index in [-0.39, 0.29) is 5.91 Å². The van der Waals surface area contributed by atoms with Crippen LogP contribution in [0.15, 0.2) is 30.3 Å². The highest BCUT2D eigenvalue weighted by Crippen LogP contribution is 2.20. The number of hydrogen-bond donors (Lipinski definition) is 1. The van der Waals surface area contributed by atoms with Gasteiger partial charge in [-0.25, -0.2) is 0 Å². The van der Waals surface area contributed by atoms with Crippen LogP contribution in [-0.4, -0.2) is 34.6 Å². The summed E-state index contributed by atoms with van der Waals surface area (Å²) < 4.78 is 0. The number of aryl methyl sites for hydroxylation is 2. The molecule has 0 fully saturated rings. The highest BCUT2D eigenvalue weighted by atomic mass is 16.2. The van der Waals surface area contributed by atoms with Gasteiger partial charge in [0.1, 0.15) is 0 Å². The van der Waals surface area contributed by atoms with Gasteiger partial charge in [0.05, 0.1) is 0 Å². The molecule has 0 bridgehead atoms. The van der Waals surface area contributed by atoms with Gasteiger partial charge >= 0.3 is 0 Å². The van der Waals surface area contributed by atoms with Crippen molar-refractivity contribution in [2.75, 3.05) is 18.9 Å². The normalized spacial score (nSPS) is 10.4. The molecule has 5 heteroatoms. The van der Waals surface area contributed by atoms with Gasteiger partial charge in [-0.3, -0.25) is 4.79 Å². The molecule has 1 N–H and O–H groups in total. The number of amides is 1. The molecule has 1 aromatic heterocycles. The highest BCUT2D eigenvalue weighted by molar-refractivity contribution is 5.92. The first kappa shape index (κ1) is 16.9. The number of nitrogens with zero attached hydrogens (tertiary/aromatic N) is 3. The molecular formula is C18H24N4O. The molecule has 0 spiro atoms. The van der Waals surface area contributed by atoms with Gasteiger partial charge in [-0.15, -0.1) is 10.2 Å². The summed E-state index contributed by atoms with van der Waals surface area (Å²) in [7, 11) is 1.79. The minimum absolute atomic E-state index is 0.0933. The Bertz CT molecular complexity index is 667. The molecular weight excluding hydrogens is 288 g/mol. The van der Waals surface area contributed by atoms with Crippen molar-refractivity contribution in [1.29, 1.82) is 0 Å². The largest absolute Gasteiger partial charge is 0.340 e. The Morgan fingerprint density at radius 2 is 1.96 bits per heavy atom. The summed E-state index contributed by atoms with van der Waals surface area (Å²) >= 11 is 0. The summed E-state index contributed by atoms with van der Waals surface area (Å²) in [5.74, 6) is 0.538. The van der Waals surface area contributed by atoms with Gasteiger partial charge < -0.3 is 10.2 Å². The van der Waals surface area contributed by atoms with Crippen LogP contribution in [0.5, 0.6) is 0 Å². The number of unbranched alkanes of at least 4 members (excludes halogenated alkanes) is 1. The number of rotatable bonds is 6. The minimum atomic E-state index is -0.0933. The van der Waals surface area contributed by atoms with Gasteiger partial charge in [0.25, 0.3) is 5.91 Å². The van der Waals surface area contributed by atoms with Crippen LogP contribution >= 0.6 is 0 Å². The fourth-order valence-corrected chi connectivity index (χ4v) is 2.21. The van der Waals surface area contributed by atoms with Crippen LogP contribution in [0, 0.1) is 13.8 Å². The molecule has 1 aromatic carbocycles. The summed E-state index contributed by atoms with van der Waals surface area (Å²) in [5, 5.41) is 11.4. The summed E-state index contributed by atoms with van der Waals surface area (Å²) in [6.45, 7) is 6.92. The number of benzene rings is 1. The first-order chi connectivity index (χ1) is 11.0. The molecule has 1 amide bonds. The second-order valence-corrected chi connectivity index (χ2v) is 5.83. The van der Waals surface area contributed by atoms with E-state index in [4.69, 9.17) is 0 Å². The number of aromatic nitrogens is 2. The van der Waals surface area contributed by atoms with Crippen molar-refractivity contribution >= 4 is 17.4 Å². The molecule has 2 rings (SSSR count). The maximum atomic E-state index is 12.2. The zero-order valence-electron chi connectivity index (χ0n) is 14.3. The maximum absolute atomic E-state index is 12.2. The lowest BCUT2D eigenvalue weighted by Crippen LogP contribution is -2.28. The predicted molar refractivity (Wildman–Crippen MR) is 93.1 cm³/mol. The molecule has 23 heavy (non-hydrogen) atoms. The summed E-state index contributed by atoms with van der Waals surface area (Å²) in [6, 6.07) is 9.70. The van der Waals surface area contributed by atoms with Crippen molar-refractivity contribution in [3.05, 3.63) is 47.2 Å². The first-order valence-electron chi connectivity index (χ1n) is 7.94. The van der Waals surface area contributed by atoms with E-state index in [0.29, 0.717) is 11.5 Å². The Morgan fingerprint density at radius 3 is 2.61 bits per heavy atom. The van der Waals surface area contributed by atoms with Crippen LogP contribution < -0.4 is 5.32 Å². The van der Waals surface area contributed by atoms with Gasteiger partial charge in [-0.1, -0.05) is 25.5 Å². The van der Waals surface area contributed by atoms with Crippen molar-refractivity contribution in [2.45, 2.75) is 33.6 Å². The summed E-state index contributed by atoms with van der Waals surface area (Å²) in [5.41, 5.74) is 3.68. The van der Waals surface area contributed by atoms with Crippen LogP contribution in [0.4, 0.5) is 11.5 Å². The van der Waals surface area contributed by atoms with Crippen molar-refractivity contribution in [3.8, 4) is 0 Å². The van der Waals surface area contributed by atoms with Gasteiger partial charge in [0, 0.05) is 19.3 Å². The van der Waals surface area contributed by atoms with E-state index in [0.717, 1.165) is 30.6 Å². The second kappa shape index (κ2) is 7.72. The third-order valence-electron chi connectivity index (χ3n) is 3.73. The molecule has 0 aliphatic carbocycles. The second-order valence-electron chi connectivity index (χ2n) is 5.83. The molecule has 0 aliphatic heterocycles. The van der Waals surface area contributed by atoms with E-state index in [1.807, 2.05) is 13.8 Å². The van der Waals surface area contributed by atoms with Crippen LogP contribution in [-0.2, 0) is 0 Å². The predicted octanol–water partition coefficient (Wildman–Crippen LogP) is 3.71. The van der Waals surface area contributed by atoms with E-state index in [2.05, 4.69) is 40.6 Å². The zero-order valence-corrected chi connectivity index (χ0v) is 14.3. The third-order valence-corrected chi connectivity index (χ3v) is 3.73. The summed E-state index contributed by atoms with van der Waals surface area (Å²) in [4.78, 5) is 13.9.